The van der Waals surface area contributed by atoms with Gasteiger partial charge in [0.1, 0.15) is 0 Å². The van der Waals surface area contributed by atoms with E-state index in [1.165, 1.54) is 19.2 Å². The highest BCUT2D eigenvalue weighted by atomic mass is 32.2. The molecule has 0 fully saturated rings. The van der Waals surface area contributed by atoms with Crippen LogP contribution in [0.3, 0.4) is 0 Å². The monoisotopic (exact) mass is 394 g/mol. The van der Waals surface area contributed by atoms with Crippen molar-refractivity contribution in [2.45, 2.75) is 18.7 Å². The summed E-state index contributed by atoms with van der Waals surface area (Å²) in [4.78, 5) is 13.1. The highest BCUT2D eigenvalue weighted by Crippen LogP contribution is 2.27. The Hall–Kier alpha value is -3.12. The Balaban J connectivity index is 1.97. The molecule has 3 aromatic carbocycles. The van der Waals surface area contributed by atoms with Gasteiger partial charge in [-0.05, 0) is 55.3 Å². The lowest BCUT2D eigenvalue weighted by Crippen LogP contribution is -2.29. The predicted molar refractivity (Wildman–Crippen MR) is 112 cm³/mol. The van der Waals surface area contributed by atoms with Crippen molar-refractivity contribution in [2.75, 3.05) is 16.7 Å². The lowest BCUT2D eigenvalue weighted by atomic mass is 10.1. The first kappa shape index (κ1) is 19.6. The number of nitrogens with one attached hydrogen (secondary N) is 1. The van der Waals surface area contributed by atoms with E-state index in [9.17, 15) is 13.2 Å². The molecule has 28 heavy (non-hydrogen) atoms. The van der Waals surface area contributed by atoms with E-state index >= 15 is 0 Å². The first-order valence-electron chi connectivity index (χ1n) is 8.82. The molecule has 0 saturated carbocycles. The highest BCUT2D eigenvalue weighted by Gasteiger charge is 2.25. The molecule has 0 aliphatic carbocycles. The topological polar surface area (TPSA) is 66.5 Å². The lowest BCUT2D eigenvalue weighted by molar-refractivity contribution is 0.102. The number of carbonyl (C=O) groups is 1. The maximum Gasteiger partial charge on any atom is 0.264 e. The second-order valence-corrected chi connectivity index (χ2v) is 8.54. The van der Waals surface area contributed by atoms with Crippen molar-refractivity contribution in [1.82, 2.24) is 0 Å². The Labute approximate surface area is 165 Å². The maximum absolute atomic E-state index is 13.0. The van der Waals surface area contributed by atoms with Crippen LogP contribution < -0.4 is 9.62 Å². The maximum atomic E-state index is 13.0. The smallest absolute Gasteiger partial charge is 0.264 e. The molecule has 1 amide bonds. The van der Waals surface area contributed by atoms with Gasteiger partial charge in [-0.25, -0.2) is 8.42 Å². The van der Waals surface area contributed by atoms with Crippen molar-refractivity contribution in [1.29, 1.82) is 0 Å². The van der Waals surface area contributed by atoms with E-state index in [-0.39, 0.29) is 16.4 Å². The summed E-state index contributed by atoms with van der Waals surface area (Å²) in [6.07, 6.45) is 0. The molecule has 0 aliphatic heterocycles. The largest absolute Gasteiger partial charge is 0.322 e. The fraction of sp³-hybridized carbons (Fsp3) is 0.136. The molecule has 5 nitrogen and oxygen atoms in total. The number of amides is 1. The van der Waals surface area contributed by atoms with Gasteiger partial charge >= 0.3 is 0 Å². The summed E-state index contributed by atoms with van der Waals surface area (Å²) < 4.78 is 27.1. The number of sulfonamides is 1. The predicted octanol–water partition coefficient (Wildman–Crippen LogP) is 4.38. The Morgan fingerprint density at radius 3 is 2.25 bits per heavy atom. The van der Waals surface area contributed by atoms with E-state index in [1.807, 2.05) is 32.0 Å². The zero-order valence-corrected chi connectivity index (χ0v) is 16.8. The number of hydrogen-bond donors (Lipinski definition) is 1. The summed E-state index contributed by atoms with van der Waals surface area (Å²) in [7, 11) is -2.33. The van der Waals surface area contributed by atoms with Crippen molar-refractivity contribution in [3.05, 3.63) is 89.5 Å². The number of carbonyl (C=O) groups excluding carboxylic acids is 1. The molecule has 3 rings (SSSR count). The molecule has 0 saturated heterocycles. The van der Waals surface area contributed by atoms with Crippen LogP contribution in [-0.2, 0) is 10.0 Å². The molecule has 0 atom stereocenters. The van der Waals surface area contributed by atoms with E-state index in [1.54, 1.807) is 42.5 Å². The Morgan fingerprint density at radius 1 is 0.893 bits per heavy atom. The summed E-state index contributed by atoms with van der Waals surface area (Å²) in [5.74, 6) is -0.362. The summed E-state index contributed by atoms with van der Waals surface area (Å²) >= 11 is 0. The van der Waals surface area contributed by atoms with E-state index < -0.39 is 10.0 Å². The lowest BCUT2D eigenvalue weighted by Gasteiger charge is -2.22. The first-order valence-corrected chi connectivity index (χ1v) is 10.3. The van der Waals surface area contributed by atoms with Crippen molar-refractivity contribution >= 4 is 27.3 Å². The molecule has 144 valence electrons. The van der Waals surface area contributed by atoms with Crippen LogP contribution in [0.5, 0.6) is 0 Å². The minimum atomic E-state index is -3.78. The quantitative estimate of drug-likeness (QED) is 0.698. The summed E-state index contributed by atoms with van der Waals surface area (Å²) in [6, 6.07) is 20.6. The standard InChI is InChI=1S/C22H22N2O3S/c1-16-13-14-17(2)20(15-16)23-22(25)19-11-7-8-12-21(19)24(3)28(26,27)18-9-5-4-6-10-18/h4-15H,1-3H3,(H,23,25). The fourth-order valence-electron chi connectivity index (χ4n) is 2.88. The van der Waals surface area contributed by atoms with Gasteiger partial charge in [0.15, 0.2) is 0 Å². The van der Waals surface area contributed by atoms with Crippen LogP contribution in [0.15, 0.2) is 77.7 Å². The molecule has 0 heterocycles. The van der Waals surface area contributed by atoms with Crippen LogP contribution in [0.4, 0.5) is 11.4 Å². The number of hydrogen-bond acceptors (Lipinski definition) is 3. The second-order valence-electron chi connectivity index (χ2n) is 6.58. The van der Waals surface area contributed by atoms with Gasteiger partial charge in [0, 0.05) is 12.7 Å². The molecular formula is C22H22N2O3S. The van der Waals surface area contributed by atoms with Gasteiger partial charge in [-0.2, -0.15) is 0 Å². The van der Waals surface area contributed by atoms with Crippen LogP contribution in [-0.4, -0.2) is 21.4 Å². The molecule has 0 aromatic heterocycles. The molecule has 0 bridgehead atoms. The van der Waals surface area contributed by atoms with Gasteiger partial charge in [-0.3, -0.25) is 9.10 Å². The van der Waals surface area contributed by atoms with Gasteiger partial charge in [-0.1, -0.05) is 42.5 Å². The van der Waals surface area contributed by atoms with Crippen LogP contribution >= 0.6 is 0 Å². The molecule has 3 aromatic rings. The minimum Gasteiger partial charge on any atom is -0.322 e. The molecule has 0 spiro atoms. The normalized spacial score (nSPS) is 11.1. The number of rotatable bonds is 5. The van der Waals surface area contributed by atoms with E-state index in [0.717, 1.165) is 15.4 Å². The molecular weight excluding hydrogens is 372 g/mol. The van der Waals surface area contributed by atoms with Gasteiger partial charge in [0.25, 0.3) is 15.9 Å². The van der Waals surface area contributed by atoms with Gasteiger partial charge in [-0.15, -0.1) is 0 Å². The van der Waals surface area contributed by atoms with Crippen molar-refractivity contribution in [3.63, 3.8) is 0 Å². The Morgan fingerprint density at radius 2 is 1.54 bits per heavy atom. The SMILES string of the molecule is Cc1ccc(C)c(NC(=O)c2ccccc2N(C)S(=O)(=O)c2ccccc2)c1. The van der Waals surface area contributed by atoms with Crippen LogP contribution in [0.2, 0.25) is 0 Å². The number of nitrogens with zero attached hydrogens (tertiary/aromatic N) is 1. The third kappa shape index (κ3) is 3.92. The Bertz CT molecular complexity index is 1110. The van der Waals surface area contributed by atoms with E-state index in [0.29, 0.717) is 11.4 Å². The fourth-order valence-corrected chi connectivity index (χ4v) is 4.12. The zero-order chi connectivity index (χ0) is 20.3. The third-order valence-electron chi connectivity index (χ3n) is 4.53. The van der Waals surface area contributed by atoms with Crippen molar-refractivity contribution in [2.24, 2.45) is 0 Å². The molecule has 0 radical (unpaired) electrons. The molecule has 6 heteroatoms. The molecule has 0 unspecified atom stereocenters. The van der Waals surface area contributed by atoms with Crippen molar-refractivity contribution < 1.29 is 13.2 Å². The van der Waals surface area contributed by atoms with E-state index in [4.69, 9.17) is 0 Å². The average molecular weight is 394 g/mol. The highest BCUT2D eigenvalue weighted by molar-refractivity contribution is 7.92. The minimum absolute atomic E-state index is 0.169. The first-order chi connectivity index (χ1) is 13.3. The number of aryl methyl sites for hydroxylation is 2. The van der Waals surface area contributed by atoms with Crippen LogP contribution in [0.1, 0.15) is 21.5 Å². The van der Waals surface area contributed by atoms with Gasteiger partial charge in [0.2, 0.25) is 0 Å². The summed E-state index contributed by atoms with van der Waals surface area (Å²) in [6.45, 7) is 3.86. The third-order valence-corrected chi connectivity index (χ3v) is 6.32. The average Bonchev–Trinajstić information content (AvgIpc) is 2.70. The number of para-hydroxylation sites is 1. The Kier molecular flexibility index (Phi) is 5.51. The van der Waals surface area contributed by atoms with E-state index in [2.05, 4.69) is 5.32 Å². The molecule has 0 aliphatic rings. The summed E-state index contributed by atoms with van der Waals surface area (Å²) in [5.41, 5.74) is 3.26. The van der Waals surface area contributed by atoms with Crippen LogP contribution in [0, 0.1) is 13.8 Å². The zero-order valence-electron chi connectivity index (χ0n) is 16.0. The van der Waals surface area contributed by atoms with Gasteiger partial charge < -0.3 is 5.32 Å². The second kappa shape index (κ2) is 7.86. The van der Waals surface area contributed by atoms with Crippen molar-refractivity contribution in [3.8, 4) is 0 Å². The molecule has 1 N–H and O–H groups in total. The number of anilines is 2. The number of benzene rings is 3. The van der Waals surface area contributed by atoms with Gasteiger partial charge in [0.05, 0.1) is 16.1 Å². The summed E-state index contributed by atoms with van der Waals surface area (Å²) in [5, 5.41) is 2.89. The van der Waals surface area contributed by atoms with Crippen LogP contribution in [0.25, 0.3) is 0 Å².